The molecule has 0 fully saturated rings. The SMILES string of the molecule is C[C@H](NC(=O)c1ncnc(N)c1CN)c1ncc(C(=O)Nc2ccc(Cl)c(C(F)(F)F)c2)s1. The number of hydrogen-bond acceptors (Lipinski definition) is 8. The molecule has 0 aliphatic rings. The molecule has 0 bridgehead atoms. The number of nitrogen functional groups attached to an aromatic ring is 1. The summed E-state index contributed by atoms with van der Waals surface area (Å²) in [4.78, 5) is 37.0. The molecule has 3 aromatic rings. The Hall–Kier alpha value is -3.29. The molecule has 3 rings (SSSR count). The van der Waals surface area contributed by atoms with Gasteiger partial charge < -0.3 is 22.1 Å². The molecule has 2 aromatic heterocycles. The molecule has 0 saturated heterocycles. The van der Waals surface area contributed by atoms with Crippen LogP contribution in [0.15, 0.2) is 30.7 Å². The minimum absolute atomic E-state index is 0.0228. The maximum atomic E-state index is 13.0. The summed E-state index contributed by atoms with van der Waals surface area (Å²) in [6.45, 7) is 1.60. The maximum absolute atomic E-state index is 13.0. The second-order valence-electron chi connectivity index (χ2n) is 6.69. The number of amides is 2. The fourth-order valence-electron chi connectivity index (χ4n) is 2.76. The smallest absolute Gasteiger partial charge is 0.383 e. The summed E-state index contributed by atoms with van der Waals surface area (Å²) in [6, 6.07) is 2.43. The second kappa shape index (κ2) is 9.68. The van der Waals surface area contributed by atoms with E-state index in [0.29, 0.717) is 10.6 Å². The standard InChI is InChI=1S/C19H17ClF3N7O2S/c1-8(29-17(32)14-10(5-24)15(25)28-7-27-14)18-26-6-13(33-18)16(31)30-9-2-3-12(20)11(4-9)19(21,22)23/h2-4,6-8H,5,24H2,1H3,(H,29,32)(H,30,31)(H2,25,27,28)/t8-/m0/s1. The summed E-state index contributed by atoms with van der Waals surface area (Å²) in [5.41, 5.74) is 10.5. The molecule has 0 aliphatic heterocycles. The van der Waals surface area contributed by atoms with Crippen LogP contribution in [0.3, 0.4) is 0 Å². The minimum Gasteiger partial charge on any atom is -0.383 e. The van der Waals surface area contributed by atoms with Gasteiger partial charge >= 0.3 is 6.18 Å². The van der Waals surface area contributed by atoms with Crippen molar-refractivity contribution in [2.75, 3.05) is 11.1 Å². The molecule has 0 aliphatic carbocycles. The Morgan fingerprint density at radius 1 is 1.21 bits per heavy atom. The predicted octanol–water partition coefficient (Wildman–Crippen LogP) is 3.39. The quantitative estimate of drug-likeness (QED) is 0.406. The highest BCUT2D eigenvalue weighted by Crippen LogP contribution is 2.36. The molecule has 0 radical (unpaired) electrons. The summed E-state index contributed by atoms with van der Waals surface area (Å²) in [6.07, 6.45) is -2.27. The topological polar surface area (TPSA) is 149 Å². The van der Waals surface area contributed by atoms with Gasteiger partial charge in [0.15, 0.2) is 0 Å². The predicted molar refractivity (Wildman–Crippen MR) is 117 cm³/mol. The lowest BCUT2D eigenvalue weighted by Gasteiger charge is -2.13. The van der Waals surface area contributed by atoms with Gasteiger partial charge in [-0.15, -0.1) is 11.3 Å². The molecule has 2 heterocycles. The first-order valence-electron chi connectivity index (χ1n) is 9.25. The summed E-state index contributed by atoms with van der Waals surface area (Å²) in [5, 5.41) is 4.97. The van der Waals surface area contributed by atoms with Crippen molar-refractivity contribution in [3.8, 4) is 0 Å². The van der Waals surface area contributed by atoms with Gasteiger partial charge in [-0.1, -0.05) is 11.6 Å². The minimum atomic E-state index is -4.67. The summed E-state index contributed by atoms with van der Waals surface area (Å²) < 4.78 is 39.0. The van der Waals surface area contributed by atoms with E-state index >= 15 is 0 Å². The molecule has 0 saturated carbocycles. The number of halogens is 4. The third kappa shape index (κ3) is 5.56. The van der Waals surface area contributed by atoms with Gasteiger partial charge in [-0.3, -0.25) is 9.59 Å². The number of nitrogens with one attached hydrogen (secondary N) is 2. The van der Waals surface area contributed by atoms with Crippen LogP contribution >= 0.6 is 22.9 Å². The van der Waals surface area contributed by atoms with Crippen molar-refractivity contribution in [3.05, 3.63) is 62.5 Å². The normalized spacial score (nSPS) is 12.3. The number of thiazole rings is 1. The number of carbonyl (C=O) groups excluding carboxylic acids is 2. The zero-order valence-electron chi connectivity index (χ0n) is 16.9. The average Bonchev–Trinajstić information content (AvgIpc) is 3.24. The van der Waals surface area contributed by atoms with Crippen molar-refractivity contribution in [2.45, 2.75) is 25.7 Å². The summed E-state index contributed by atoms with van der Waals surface area (Å²) >= 11 is 6.55. The van der Waals surface area contributed by atoms with Gasteiger partial charge in [0.2, 0.25) is 0 Å². The van der Waals surface area contributed by atoms with E-state index in [4.69, 9.17) is 23.1 Å². The molecule has 2 amide bonds. The van der Waals surface area contributed by atoms with Crippen LogP contribution in [-0.4, -0.2) is 26.8 Å². The number of nitrogens with two attached hydrogens (primary N) is 2. The average molecular weight is 500 g/mol. The van der Waals surface area contributed by atoms with Gasteiger partial charge in [-0.25, -0.2) is 15.0 Å². The van der Waals surface area contributed by atoms with Crippen molar-refractivity contribution < 1.29 is 22.8 Å². The van der Waals surface area contributed by atoms with Crippen LogP contribution in [-0.2, 0) is 12.7 Å². The number of benzene rings is 1. The molecule has 174 valence electrons. The number of nitrogens with zero attached hydrogens (tertiary/aromatic N) is 3. The molecule has 6 N–H and O–H groups in total. The highest BCUT2D eigenvalue weighted by atomic mass is 35.5. The van der Waals surface area contributed by atoms with Gasteiger partial charge in [0, 0.05) is 17.8 Å². The fraction of sp³-hybridized carbons (Fsp3) is 0.211. The van der Waals surface area contributed by atoms with Gasteiger partial charge in [0.1, 0.15) is 27.7 Å². The van der Waals surface area contributed by atoms with E-state index in [9.17, 15) is 22.8 Å². The highest BCUT2D eigenvalue weighted by molar-refractivity contribution is 7.13. The Labute approximate surface area is 194 Å². The van der Waals surface area contributed by atoms with Crippen molar-refractivity contribution in [1.82, 2.24) is 20.3 Å². The molecule has 14 heteroatoms. The third-order valence-corrected chi connectivity index (χ3v) is 5.90. The lowest BCUT2D eigenvalue weighted by molar-refractivity contribution is -0.137. The maximum Gasteiger partial charge on any atom is 0.417 e. The molecule has 1 aromatic carbocycles. The Kier molecular flexibility index (Phi) is 7.15. The number of rotatable bonds is 6. The van der Waals surface area contributed by atoms with Crippen LogP contribution in [0, 0.1) is 0 Å². The van der Waals surface area contributed by atoms with E-state index in [-0.39, 0.29) is 28.6 Å². The summed E-state index contributed by atoms with van der Waals surface area (Å²) in [7, 11) is 0. The van der Waals surface area contributed by atoms with Crippen LogP contribution in [0.1, 0.15) is 49.3 Å². The highest BCUT2D eigenvalue weighted by Gasteiger charge is 2.33. The number of hydrogen-bond donors (Lipinski definition) is 4. The number of alkyl halides is 3. The largest absolute Gasteiger partial charge is 0.417 e. The lowest BCUT2D eigenvalue weighted by Crippen LogP contribution is -2.29. The third-order valence-electron chi connectivity index (χ3n) is 4.39. The number of anilines is 2. The van der Waals surface area contributed by atoms with Gasteiger partial charge in [0.05, 0.1) is 22.8 Å². The number of aromatic nitrogens is 3. The zero-order chi connectivity index (χ0) is 24.3. The van der Waals surface area contributed by atoms with Crippen molar-refractivity contribution in [3.63, 3.8) is 0 Å². The molecule has 0 spiro atoms. The second-order valence-corrected chi connectivity index (χ2v) is 8.16. The van der Waals surface area contributed by atoms with Crippen molar-refractivity contribution >= 4 is 46.3 Å². The first-order valence-corrected chi connectivity index (χ1v) is 10.4. The number of carbonyl (C=O) groups is 2. The van der Waals surface area contributed by atoms with E-state index in [1.807, 2.05) is 0 Å². The lowest BCUT2D eigenvalue weighted by atomic mass is 10.2. The Morgan fingerprint density at radius 3 is 2.61 bits per heavy atom. The molecule has 9 nitrogen and oxygen atoms in total. The Bertz CT molecular complexity index is 1200. The molecular formula is C19H17ClF3N7O2S. The monoisotopic (exact) mass is 499 g/mol. The van der Waals surface area contributed by atoms with Crippen LogP contribution < -0.4 is 22.1 Å². The Morgan fingerprint density at radius 2 is 1.94 bits per heavy atom. The van der Waals surface area contributed by atoms with Gasteiger partial charge in [-0.05, 0) is 25.1 Å². The molecule has 33 heavy (non-hydrogen) atoms. The van der Waals surface area contributed by atoms with Crippen LogP contribution in [0.25, 0.3) is 0 Å². The molecule has 0 unspecified atom stereocenters. The van der Waals surface area contributed by atoms with E-state index < -0.39 is 34.6 Å². The van der Waals surface area contributed by atoms with E-state index in [1.54, 1.807) is 6.92 Å². The van der Waals surface area contributed by atoms with Crippen molar-refractivity contribution in [2.24, 2.45) is 5.73 Å². The zero-order valence-corrected chi connectivity index (χ0v) is 18.5. The van der Waals surface area contributed by atoms with E-state index in [0.717, 1.165) is 29.8 Å². The van der Waals surface area contributed by atoms with Crippen molar-refractivity contribution in [1.29, 1.82) is 0 Å². The first kappa shape index (κ1) is 24.4. The first-order chi connectivity index (χ1) is 15.5. The fourth-order valence-corrected chi connectivity index (χ4v) is 3.80. The molecule has 1 atom stereocenters. The molecular weight excluding hydrogens is 483 g/mol. The van der Waals surface area contributed by atoms with Crippen LogP contribution in [0.4, 0.5) is 24.7 Å². The van der Waals surface area contributed by atoms with Crippen LogP contribution in [0.5, 0.6) is 0 Å². The van der Waals surface area contributed by atoms with Gasteiger partial charge in [0.25, 0.3) is 11.8 Å². The Balaban J connectivity index is 1.71. The van der Waals surface area contributed by atoms with Gasteiger partial charge in [-0.2, -0.15) is 13.2 Å². The summed E-state index contributed by atoms with van der Waals surface area (Å²) in [5.74, 6) is -1.13. The van der Waals surface area contributed by atoms with Crippen LogP contribution in [0.2, 0.25) is 5.02 Å². The van der Waals surface area contributed by atoms with E-state index in [1.165, 1.54) is 12.3 Å². The van der Waals surface area contributed by atoms with E-state index in [2.05, 4.69) is 25.6 Å².